The molecule has 1 aromatic carbocycles. The van der Waals surface area contributed by atoms with E-state index in [-0.39, 0.29) is 5.91 Å². The number of nitrogens with zero attached hydrogens (tertiary/aromatic N) is 4. The molecule has 9 heteroatoms. The van der Waals surface area contributed by atoms with Gasteiger partial charge in [0, 0.05) is 26.2 Å². The molecule has 0 bridgehead atoms. The van der Waals surface area contributed by atoms with Gasteiger partial charge in [0.05, 0.1) is 33.1 Å². The number of nitrogens with two attached hydrogens (primary N) is 1. The number of benzene rings is 1. The Hall–Kier alpha value is -2.94. The van der Waals surface area contributed by atoms with Crippen molar-refractivity contribution in [3.63, 3.8) is 0 Å². The summed E-state index contributed by atoms with van der Waals surface area (Å²) in [6, 6.07) is 3.72. The lowest BCUT2D eigenvalue weighted by Crippen LogP contribution is -2.26. The first kappa shape index (κ1) is 14.6. The van der Waals surface area contributed by atoms with Gasteiger partial charge in [-0.3, -0.25) is 9.89 Å². The molecule has 0 aliphatic carbocycles. The Morgan fingerprint density at radius 3 is 3.12 bits per heavy atom. The summed E-state index contributed by atoms with van der Waals surface area (Å²) < 4.78 is 2.75. The zero-order valence-corrected chi connectivity index (χ0v) is 13.7. The molecule has 0 unspecified atom stereocenters. The molecule has 4 aromatic rings. The van der Waals surface area contributed by atoms with Crippen LogP contribution in [0.2, 0.25) is 0 Å². The maximum absolute atomic E-state index is 12.5. The number of H-pyrrole nitrogens is 1. The van der Waals surface area contributed by atoms with Crippen molar-refractivity contribution < 1.29 is 4.79 Å². The highest BCUT2D eigenvalue weighted by Gasteiger charge is 2.18. The molecule has 4 rings (SSSR count). The Bertz CT molecular complexity index is 1040. The number of nitrogens with one attached hydrogen (secondary N) is 2. The minimum atomic E-state index is -0.225. The van der Waals surface area contributed by atoms with E-state index in [1.54, 1.807) is 6.33 Å². The molecule has 3 aromatic heterocycles. The number of nitrogen functional groups attached to an aromatic ring is 1. The average molecular weight is 341 g/mol. The molecule has 0 radical (unpaired) electrons. The summed E-state index contributed by atoms with van der Waals surface area (Å²) in [6.45, 7) is 0.491. The number of anilines is 1. The standard InChI is InChI=1S/C15H15N7OS/c1-22-6-8(18-7-22)4-5-17-14(23)12-11-9(20-21-12)2-3-10-13(11)24-15(16)19-10/h2-3,6-7H,4-5H2,1H3,(H2,16,19)(H,17,23)(H,20,21). The van der Waals surface area contributed by atoms with E-state index in [4.69, 9.17) is 5.73 Å². The van der Waals surface area contributed by atoms with Crippen LogP contribution in [-0.4, -0.2) is 37.2 Å². The van der Waals surface area contributed by atoms with Gasteiger partial charge in [-0.15, -0.1) is 0 Å². The fraction of sp³-hybridized carbons (Fsp3) is 0.200. The van der Waals surface area contributed by atoms with Gasteiger partial charge in [-0.05, 0) is 12.1 Å². The number of hydrogen-bond donors (Lipinski definition) is 3. The molecule has 0 aliphatic rings. The summed E-state index contributed by atoms with van der Waals surface area (Å²) in [5.74, 6) is -0.225. The summed E-state index contributed by atoms with van der Waals surface area (Å²) in [4.78, 5) is 21.0. The molecule has 0 atom stereocenters. The van der Waals surface area contributed by atoms with Gasteiger partial charge in [0.25, 0.3) is 5.91 Å². The molecule has 24 heavy (non-hydrogen) atoms. The van der Waals surface area contributed by atoms with E-state index in [0.29, 0.717) is 23.8 Å². The summed E-state index contributed by atoms with van der Waals surface area (Å²) in [5.41, 5.74) is 8.65. The van der Waals surface area contributed by atoms with Crippen LogP contribution in [0.25, 0.3) is 21.1 Å². The Balaban J connectivity index is 1.58. The molecular formula is C15H15N7OS. The van der Waals surface area contributed by atoms with Crippen LogP contribution in [0.4, 0.5) is 5.13 Å². The third-order valence-corrected chi connectivity index (χ3v) is 4.66. The van der Waals surface area contributed by atoms with Crippen molar-refractivity contribution in [1.82, 2.24) is 30.0 Å². The molecular weight excluding hydrogens is 326 g/mol. The van der Waals surface area contributed by atoms with Crippen LogP contribution in [0.3, 0.4) is 0 Å². The molecule has 8 nitrogen and oxygen atoms in total. The SMILES string of the molecule is Cn1cnc(CCNC(=O)c2n[nH]c3ccc4nc(N)sc4c23)c1. The van der Waals surface area contributed by atoms with Gasteiger partial charge >= 0.3 is 0 Å². The van der Waals surface area contributed by atoms with Crippen LogP contribution in [0, 0.1) is 0 Å². The number of aromatic nitrogens is 5. The Morgan fingerprint density at radius 1 is 1.46 bits per heavy atom. The number of aromatic amines is 1. The van der Waals surface area contributed by atoms with Gasteiger partial charge in [-0.25, -0.2) is 9.97 Å². The second-order valence-corrected chi connectivity index (χ2v) is 6.53. The van der Waals surface area contributed by atoms with E-state index >= 15 is 0 Å². The number of carbonyl (C=O) groups is 1. The first-order valence-electron chi connectivity index (χ1n) is 7.40. The zero-order chi connectivity index (χ0) is 16.7. The number of fused-ring (bicyclic) bond motifs is 3. The third kappa shape index (κ3) is 2.48. The molecule has 1 amide bonds. The van der Waals surface area contributed by atoms with E-state index in [1.807, 2.05) is 29.9 Å². The van der Waals surface area contributed by atoms with Crippen LogP contribution >= 0.6 is 11.3 Å². The van der Waals surface area contributed by atoms with E-state index in [0.717, 1.165) is 26.8 Å². The number of imidazole rings is 1. The molecule has 0 fully saturated rings. The Labute approximate surface area is 140 Å². The van der Waals surface area contributed by atoms with Crippen molar-refractivity contribution in [3.8, 4) is 0 Å². The average Bonchev–Trinajstić information content (AvgIpc) is 3.23. The van der Waals surface area contributed by atoms with Crippen LogP contribution in [0.15, 0.2) is 24.7 Å². The molecule has 4 N–H and O–H groups in total. The Morgan fingerprint density at radius 2 is 2.33 bits per heavy atom. The second-order valence-electron chi connectivity index (χ2n) is 5.50. The normalized spacial score (nSPS) is 11.4. The highest BCUT2D eigenvalue weighted by Crippen LogP contribution is 2.32. The van der Waals surface area contributed by atoms with Crippen molar-refractivity contribution in [1.29, 1.82) is 0 Å². The van der Waals surface area contributed by atoms with Gasteiger partial charge < -0.3 is 15.6 Å². The predicted octanol–water partition coefficient (Wildman–Crippen LogP) is 1.46. The molecule has 0 saturated carbocycles. The highest BCUT2D eigenvalue weighted by molar-refractivity contribution is 7.23. The minimum absolute atomic E-state index is 0.225. The number of thiazole rings is 1. The minimum Gasteiger partial charge on any atom is -0.375 e. The lowest BCUT2D eigenvalue weighted by molar-refractivity contribution is 0.0950. The molecule has 0 saturated heterocycles. The monoisotopic (exact) mass is 341 g/mol. The van der Waals surface area contributed by atoms with Crippen LogP contribution < -0.4 is 11.1 Å². The summed E-state index contributed by atoms with van der Waals surface area (Å²) in [6.07, 6.45) is 4.33. The van der Waals surface area contributed by atoms with Gasteiger partial charge in [-0.2, -0.15) is 5.10 Å². The highest BCUT2D eigenvalue weighted by atomic mass is 32.1. The van der Waals surface area contributed by atoms with Crippen molar-refractivity contribution in [2.75, 3.05) is 12.3 Å². The summed E-state index contributed by atoms with van der Waals surface area (Å²) >= 11 is 1.36. The van der Waals surface area contributed by atoms with E-state index in [2.05, 4.69) is 25.5 Å². The maximum Gasteiger partial charge on any atom is 0.272 e. The first-order chi connectivity index (χ1) is 11.6. The van der Waals surface area contributed by atoms with Crippen LogP contribution in [-0.2, 0) is 13.5 Å². The smallest absolute Gasteiger partial charge is 0.272 e. The zero-order valence-electron chi connectivity index (χ0n) is 12.9. The number of aryl methyl sites for hydroxylation is 1. The summed E-state index contributed by atoms with van der Waals surface area (Å²) in [5, 5.41) is 11.2. The Kier molecular flexibility index (Phi) is 3.42. The topological polar surface area (TPSA) is 115 Å². The van der Waals surface area contributed by atoms with E-state index in [1.165, 1.54) is 11.3 Å². The largest absolute Gasteiger partial charge is 0.375 e. The number of amides is 1. The van der Waals surface area contributed by atoms with Crippen molar-refractivity contribution in [3.05, 3.63) is 36.0 Å². The second kappa shape index (κ2) is 5.60. The lowest BCUT2D eigenvalue weighted by Gasteiger charge is -2.02. The molecule has 122 valence electrons. The number of carbonyl (C=O) groups excluding carboxylic acids is 1. The molecule has 0 spiro atoms. The predicted molar refractivity (Wildman–Crippen MR) is 92.9 cm³/mol. The lowest BCUT2D eigenvalue weighted by atomic mass is 10.2. The number of hydrogen-bond acceptors (Lipinski definition) is 6. The van der Waals surface area contributed by atoms with Crippen LogP contribution in [0.5, 0.6) is 0 Å². The molecule has 3 heterocycles. The maximum atomic E-state index is 12.5. The van der Waals surface area contributed by atoms with E-state index < -0.39 is 0 Å². The van der Waals surface area contributed by atoms with Crippen molar-refractivity contribution >= 4 is 43.5 Å². The number of rotatable bonds is 4. The van der Waals surface area contributed by atoms with Gasteiger partial charge in [0.15, 0.2) is 10.8 Å². The first-order valence-corrected chi connectivity index (χ1v) is 8.21. The van der Waals surface area contributed by atoms with Gasteiger partial charge in [0.1, 0.15) is 0 Å². The summed E-state index contributed by atoms with van der Waals surface area (Å²) in [7, 11) is 1.91. The van der Waals surface area contributed by atoms with E-state index in [9.17, 15) is 4.79 Å². The fourth-order valence-corrected chi connectivity index (χ4v) is 3.54. The third-order valence-electron chi connectivity index (χ3n) is 3.74. The molecule has 0 aliphatic heterocycles. The van der Waals surface area contributed by atoms with Gasteiger partial charge in [-0.1, -0.05) is 11.3 Å². The fourth-order valence-electron chi connectivity index (χ4n) is 2.66. The van der Waals surface area contributed by atoms with Gasteiger partial charge in [0.2, 0.25) is 0 Å². The van der Waals surface area contributed by atoms with Crippen molar-refractivity contribution in [2.45, 2.75) is 6.42 Å². The van der Waals surface area contributed by atoms with Crippen LogP contribution in [0.1, 0.15) is 16.2 Å². The van der Waals surface area contributed by atoms with Crippen molar-refractivity contribution in [2.24, 2.45) is 7.05 Å². The quantitative estimate of drug-likeness (QED) is 0.520.